The Hall–Kier alpha value is -1.69. The molecule has 4 rings (SSSR count). The van der Waals surface area contributed by atoms with Crippen LogP contribution in [-0.2, 0) is 18.9 Å². The Balaban J connectivity index is 1.86. The fraction of sp³-hybridized carbons (Fsp3) is 0.722. The Morgan fingerprint density at radius 1 is 1.25 bits per heavy atom. The van der Waals surface area contributed by atoms with E-state index in [4.69, 9.17) is 9.62 Å². The first kappa shape index (κ1) is 15.8. The minimum atomic E-state index is -0.237. The van der Waals surface area contributed by atoms with Gasteiger partial charge in [-0.1, -0.05) is 25.9 Å². The molecule has 0 spiro atoms. The Labute approximate surface area is 142 Å². The number of aliphatic hydroxyl groups excluding tert-OH is 1. The molecular formula is C18H26N4O2. The summed E-state index contributed by atoms with van der Waals surface area (Å²) in [5, 5.41) is 19.3. The molecule has 0 bridgehead atoms. The number of hydrogen-bond acceptors (Lipinski definition) is 5. The lowest BCUT2D eigenvalue weighted by molar-refractivity contribution is -0.0741. The van der Waals surface area contributed by atoms with E-state index in [1.165, 1.54) is 5.56 Å². The summed E-state index contributed by atoms with van der Waals surface area (Å²) in [5.41, 5.74) is 3.25. The van der Waals surface area contributed by atoms with Crippen molar-refractivity contribution in [3.8, 4) is 11.6 Å². The summed E-state index contributed by atoms with van der Waals surface area (Å²) in [6.07, 6.45) is 3.55. The number of aryl methyl sites for hydroxylation is 2. The highest BCUT2D eigenvalue weighted by molar-refractivity contribution is 5.58. The number of aromatic nitrogens is 4. The second kappa shape index (κ2) is 4.91. The maximum absolute atomic E-state index is 10.5. The lowest BCUT2D eigenvalue weighted by Crippen LogP contribution is -2.53. The summed E-state index contributed by atoms with van der Waals surface area (Å²) in [5.74, 6) is 1.62. The van der Waals surface area contributed by atoms with Gasteiger partial charge in [0.05, 0.1) is 11.8 Å². The molecule has 0 saturated heterocycles. The zero-order chi connectivity index (χ0) is 17.3. The molecule has 0 radical (unpaired) electrons. The predicted octanol–water partition coefficient (Wildman–Crippen LogP) is 2.78. The largest absolute Gasteiger partial charge is 0.393 e. The smallest absolute Gasteiger partial charge is 0.276 e. The van der Waals surface area contributed by atoms with E-state index < -0.39 is 0 Å². The van der Waals surface area contributed by atoms with Crippen LogP contribution >= 0.6 is 0 Å². The molecule has 2 aliphatic carbocycles. The van der Waals surface area contributed by atoms with Gasteiger partial charge >= 0.3 is 0 Å². The number of rotatable bonds is 1. The summed E-state index contributed by atoms with van der Waals surface area (Å²) in [4.78, 5) is 4.41. The van der Waals surface area contributed by atoms with Crippen LogP contribution in [0, 0.1) is 18.3 Å². The molecule has 130 valence electrons. The molecule has 2 aliphatic rings. The molecule has 1 N–H and O–H groups in total. The zero-order valence-corrected chi connectivity index (χ0v) is 15.1. The highest BCUT2D eigenvalue weighted by Gasteiger charge is 2.55. The Morgan fingerprint density at radius 2 is 2.00 bits per heavy atom. The number of nitrogens with zero attached hydrogens (tertiary/aromatic N) is 4. The van der Waals surface area contributed by atoms with Crippen LogP contribution in [0.1, 0.15) is 57.1 Å². The van der Waals surface area contributed by atoms with E-state index in [0.29, 0.717) is 17.6 Å². The maximum Gasteiger partial charge on any atom is 0.276 e. The van der Waals surface area contributed by atoms with Gasteiger partial charge in [-0.05, 0) is 43.9 Å². The van der Waals surface area contributed by atoms with Gasteiger partial charge in [0.2, 0.25) is 0 Å². The van der Waals surface area contributed by atoms with Crippen molar-refractivity contribution in [2.24, 2.45) is 18.4 Å². The van der Waals surface area contributed by atoms with Crippen molar-refractivity contribution in [3.63, 3.8) is 0 Å². The molecular weight excluding hydrogens is 304 g/mol. The van der Waals surface area contributed by atoms with Crippen molar-refractivity contribution in [3.05, 3.63) is 17.1 Å². The molecule has 0 amide bonds. The Bertz CT molecular complexity index is 791. The lowest BCUT2D eigenvalue weighted by Gasteiger charge is -2.54. The van der Waals surface area contributed by atoms with Crippen LogP contribution in [0.15, 0.2) is 4.52 Å². The van der Waals surface area contributed by atoms with Crippen LogP contribution in [-0.4, -0.2) is 31.1 Å². The van der Waals surface area contributed by atoms with E-state index in [-0.39, 0.29) is 16.9 Å². The first-order chi connectivity index (χ1) is 11.2. The summed E-state index contributed by atoms with van der Waals surface area (Å²) < 4.78 is 7.31. The van der Waals surface area contributed by atoms with Gasteiger partial charge in [0.15, 0.2) is 5.82 Å². The highest BCUT2D eigenvalue weighted by Crippen LogP contribution is 2.57. The molecule has 2 heterocycles. The molecule has 0 aromatic carbocycles. The minimum absolute atomic E-state index is 0.0125. The fourth-order valence-corrected chi connectivity index (χ4v) is 5.22. The van der Waals surface area contributed by atoms with Crippen molar-refractivity contribution >= 4 is 0 Å². The van der Waals surface area contributed by atoms with Crippen LogP contribution in [0.4, 0.5) is 0 Å². The van der Waals surface area contributed by atoms with Crippen molar-refractivity contribution < 1.29 is 9.63 Å². The summed E-state index contributed by atoms with van der Waals surface area (Å²) in [6, 6.07) is 0. The quantitative estimate of drug-likeness (QED) is 0.870. The van der Waals surface area contributed by atoms with Gasteiger partial charge < -0.3 is 9.63 Å². The molecule has 0 aliphatic heterocycles. The third-order valence-corrected chi connectivity index (χ3v) is 6.56. The summed E-state index contributed by atoms with van der Waals surface area (Å²) in [7, 11) is 1.95. The van der Waals surface area contributed by atoms with Crippen LogP contribution in [0.3, 0.4) is 0 Å². The van der Waals surface area contributed by atoms with E-state index in [9.17, 15) is 5.11 Å². The van der Waals surface area contributed by atoms with E-state index in [1.54, 1.807) is 0 Å². The topological polar surface area (TPSA) is 77.0 Å². The first-order valence-corrected chi connectivity index (χ1v) is 8.80. The van der Waals surface area contributed by atoms with Crippen molar-refractivity contribution in [2.75, 3.05) is 0 Å². The summed E-state index contributed by atoms with van der Waals surface area (Å²) >= 11 is 0. The molecule has 2 unspecified atom stereocenters. The molecule has 3 atom stereocenters. The Kier molecular flexibility index (Phi) is 3.24. The average Bonchev–Trinajstić information content (AvgIpc) is 3.07. The molecule has 6 heteroatoms. The van der Waals surface area contributed by atoms with Crippen LogP contribution in [0.25, 0.3) is 11.6 Å². The van der Waals surface area contributed by atoms with E-state index in [2.05, 4.69) is 30.9 Å². The standard InChI is InChI=1S/C18H26N4O2/c1-10-19-16(24-21-10)14-11-6-7-12-17(2,3)13(23)8-9-18(12,4)15(11)20-22(14)5/h12-13,23H,6-9H2,1-5H3/t12-,13?,18?/m0/s1. The van der Waals surface area contributed by atoms with Gasteiger partial charge in [0.1, 0.15) is 5.69 Å². The molecule has 1 saturated carbocycles. The molecule has 2 aromatic rings. The first-order valence-electron chi connectivity index (χ1n) is 8.80. The van der Waals surface area contributed by atoms with Crippen molar-refractivity contribution in [1.82, 2.24) is 19.9 Å². The number of aliphatic hydroxyl groups is 1. The molecule has 24 heavy (non-hydrogen) atoms. The third-order valence-electron chi connectivity index (χ3n) is 6.56. The normalized spacial score (nSPS) is 31.6. The monoisotopic (exact) mass is 330 g/mol. The van der Waals surface area contributed by atoms with Crippen LogP contribution in [0.5, 0.6) is 0 Å². The number of fused-ring (bicyclic) bond motifs is 3. The fourth-order valence-electron chi connectivity index (χ4n) is 5.22. The average molecular weight is 330 g/mol. The van der Waals surface area contributed by atoms with E-state index >= 15 is 0 Å². The van der Waals surface area contributed by atoms with E-state index in [1.807, 2.05) is 18.7 Å². The van der Waals surface area contributed by atoms with Gasteiger partial charge in [-0.15, -0.1) is 0 Å². The van der Waals surface area contributed by atoms with Gasteiger partial charge in [0, 0.05) is 18.0 Å². The van der Waals surface area contributed by atoms with Gasteiger partial charge in [-0.2, -0.15) is 10.1 Å². The summed E-state index contributed by atoms with van der Waals surface area (Å²) in [6.45, 7) is 8.56. The number of hydrogen-bond donors (Lipinski definition) is 1. The van der Waals surface area contributed by atoms with Gasteiger partial charge in [-0.3, -0.25) is 4.68 Å². The highest BCUT2D eigenvalue weighted by atomic mass is 16.5. The van der Waals surface area contributed by atoms with Crippen LogP contribution < -0.4 is 0 Å². The third kappa shape index (κ3) is 1.95. The lowest BCUT2D eigenvalue weighted by atomic mass is 9.50. The van der Waals surface area contributed by atoms with Gasteiger partial charge in [0.25, 0.3) is 5.89 Å². The Morgan fingerprint density at radius 3 is 2.67 bits per heavy atom. The second-order valence-corrected chi connectivity index (χ2v) is 8.33. The molecule has 2 aromatic heterocycles. The van der Waals surface area contributed by atoms with Crippen molar-refractivity contribution in [2.45, 2.75) is 64.9 Å². The second-order valence-electron chi connectivity index (χ2n) is 8.33. The molecule has 6 nitrogen and oxygen atoms in total. The molecule has 1 fully saturated rings. The van der Waals surface area contributed by atoms with Crippen LogP contribution in [0.2, 0.25) is 0 Å². The van der Waals surface area contributed by atoms with Gasteiger partial charge in [-0.25, -0.2) is 0 Å². The zero-order valence-electron chi connectivity index (χ0n) is 15.1. The SMILES string of the molecule is Cc1noc(-c2c3c(nn2C)C2(C)CCC(O)C(C)(C)[C@@H]2CC3)n1. The van der Waals surface area contributed by atoms with E-state index in [0.717, 1.165) is 37.1 Å². The maximum atomic E-state index is 10.5. The predicted molar refractivity (Wildman–Crippen MR) is 89.4 cm³/mol. The minimum Gasteiger partial charge on any atom is -0.393 e. The van der Waals surface area contributed by atoms with Crippen molar-refractivity contribution in [1.29, 1.82) is 0 Å².